The molecule has 18 heavy (non-hydrogen) atoms. The average molecular weight is 245 g/mol. The van der Waals surface area contributed by atoms with Crippen molar-refractivity contribution in [3.63, 3.8) is 0 Å². The number of carbonyl (C=O) groups excluding carboxylic acids is 2. The molecular weight excluding hydrogens is 230 g/mol. The summed E-state index contributed by atoms with van der Waals surface area (Å²) in [5, 5.41) is 2.18. The van der Waals surface area contributed by atoms with Crippen molar-refractivity contribution in [2.45, 2.75) is 26.5 Å². The Kier molecular flexibility index (Phi) is 3.46. The number of rotatable bonds is 4. The van der Waals surface area contributed by atoms with Gasteiger partial charge in [0.05, 0.1) is 0 Å². The molecule has 0 aliphatic rings. The van der Waals surface area contributed by atoms with E-state index in [2.05, 4.69) is 0 Å². The summed E-state index contributed by atoms with van der Waals surface area (Å²) in [5.74, 6) is -0.683. The predicted octanol–water partition coefficient (Wildman–Crippen LogP) is 2.68. The van der Waals surface area contributed by atoms with Gasteiger partial charge in [0.1, 0.15) is 12.2 Å². The maximum Gasteiger partial charge on any atom is 0.315 e. The maximum absolute atomic E-state index is 11.4. The van der Waals surface area contributed by atoms with Crippen LogP contribution in [0.1, 0.15) is 26.5 Å². The lowest BCUT2D eigenvalue weighted by atomic mass is 10.2. The van der Waals surface area contributed by atoms with Crippen LogP contribution in [0.2, 0.25) is 0 Å². The van der Waals surface area contributed by atoms with Gasteiger partial charge in [0, 0.05) is 12.4 Å². The second kappa shape index (κ2) is 5.04. The van der Waals surface area contributed by atoms with Crippen molar-refractivity contribution in [2.75, 3.05) is 0 Å². The second-order valence-electron chi connectivity index (χ2n) is 4.30. The Balaban J connectivity index is 2.11. The Morgan fingerprint density at radius 1 is 1.22 bits per heavy atom. The Labute approximate surface area is 105 Å². The van der Waals surface area contributed by atoms with Crippen LogP contribution >= 0.6 is 0 Å². The SMILES string of the molecule is CC(=O)CC(=O)OC(C)n1cc2ccccc2c1. The fourth-order valence-corrected chi connectivity index (χ4v) is 1.81. The number of hydrogen-bond donors (Lipinski definition) is 0. The standard InChI is InChI=1S/C14H15NO3/c1-10(16)7-14(17)18-11(2)15-8-12-5-3-4-6-13(12)9-15/h3-6,8-9,11H,7H2,1-2H3. The summed E-state index contributed by atoms with van der Waals surface area (Å²) < 4.78 is 7.00. The van der Waals surface area contributed by atoms with Crippen molar-refractivity contribution >= 4 is 22.5 Å². The molecule has 4 nitrogen and oxygen atoms in total. The molecule has 0 radical (unpaired) electrons. The zero-order valence-corrected chi connectivity index (χ0v) is 10.4. The zero-order valence-electron chi connectivity index (χ0n) is 10.4. The van der Waals surface area contributed by atoms with Crippen LogP contribution in [-0.2, 0) is 14.3 Å². The molecule has 0 spiro atoms. The molecule has 0 amide bonds. The maximum atomic E-state index is 11.4. The van der Waals surface area contributed by atoms with Gasteiger partial charge in [0.25, 0.3) is 0 Å². The van der Waals surface area contributed by atoms with Crippen molar-refractivity contribution < 1.29 is 14.3 Å². The number of aromatic nitrogens is 1. The molecule has 1 heterocycles. The van der Waals surface area contributed by atoms with E-state index in [1.807, 2.05) is 41.2 Å². The monoisotopic (exact) mass is 245 g/mol. The van der Waals surface area contributed by atoms with E-state index in [0.29, 0.717) is 0 Å². The van der Waals surface area contributed by atoms with E-state index in [1.165, 1.54) is 6.92 Å². The minimum absolute atomic E-state index is 0.175. The first-order chi connectivity index (χ1) is 8.56. The summed E-state index contributed by atoms with van der Waals surface area (Å²) in [6.45, 7) is 3.15. The van der Waals surface area contributed by atoms with Gasteiger partial charge in [-0.25, -0.2) is 0 Å². The Bertz CT molecular complexity index is 552. The third-order valence-electron chi connectivity index (χ3n) is 2.69. The molecule has 94 valence electrons. The van der Waals surface area contributed by atoms with E-state index in [4.69, 9.17) is 4.74 Å². The van der Waals surface area contributed by atoms with Gasteiger partial charge in [-0.1, -0.05) is 24.3 Å². The third-order valence-corrected chi connectivity index (χ3v) is 2.69. The number of fused-ring (bicyclic) bond motifs is 1. The smallest absolute Gasteiger partial charge is 0.315 e. The lowest BCUT2D eigenvalue weighted by Gasteiger charge is -2.14. The molecule has 1 aromatic heterocycles. The minimum Gasteiger partial charge on any atom is -0.441 e. The van der Waals surface area contributed by atoms with E-state index in [-0.39, 0.29) is 12.2 Å². The van der Waals surface area contributed by atoms with E-state index in [1.54, 1.807) is 6.92 Å². The second-order valence-corrected chi connectivity index (χ2v) is 4.30. The van der Waals surface area contributed by atoms with E-state index in [0.717, 1.165) is 10.8 Å². The first-order valence-electron chi connectivity index (χ1n) is 5.81. The largest absolute Gasteiger partial charge is 0.441 e. The van der Waals surface area contributed by atoms with Crippen LogP contribution in [0.5, 0.6) is 0 Å². The van der Waals surface area contributed by atoms with Gasteiger partial charge in [0.2, 0.25) is 0 Å². The number of Topliss-reactive ketones (excluding diaryl/α,β-unsaturated/α-hetero) is 1. The lowest BCUT2D eigenvalue weighted by molar-refractivity contribution is -0.153. The van der Waals surface area contributed by atoms with Gasteiger partial charge >= 0.3 is 5.97 Å². The molecule has 0 bridgehead atoms. The summed E-state index contributed by atoms with van der Waals surface area (Å²) in [6.07, 6.45) is 3.25. The Morgan fingerprint density at radius 3 is 2.28 bits per heavy atom. The molecule has 1 atom stereocenters. The van der Waals surface area contributed by atoms with Gasteiger partial charge in [-0.2, -0.15) is 0 Å². The molecule has 1 aromatic carbocycles. The van der Waals surface area contributed by atoms with Crippen molar-refractivity contribution in [3.05, 3.63) is 36.7 Å². The van der Waals surface area contributed by atoms with Gasteiger partial charge in [-0.15, -0.1) is 0 Å². The van der Waals surface area contributed by atoms with Gasteiger partial charge < -0.3 is 9.30 Å². The number of esters is 1. The summed E-state index contributed by atoms with van der Waals surface area (Å²) in [7, 11) is 0. The number of ketones is 1. The predicted molar refractivity (Wildman–Crippen MR) is 68.0 cm³/mol. The Morgan fingerprint density at radius 2 is 1.78 bits per heavy atom. The number of ether oxygens (including phenoxy) is 1. The molecule has 2 rings (SSSR count). The highest BCUT2D eigenvalue weighted by Crippen LogP contribution is 2.19. The molecule has 0 saturated heterocycles. The topological polar surface area (TPSA) is 48.3 Å². The van der Waals surface area contributed by atoms with Crippen LogP contribution in [0.15, 0.2) is 36.7 Å². The quantitative estimate of drug-likeness (QED) is 0.614. The van der Waals surface area contributed by atoms with Crippen molar-refractivity contribution in [3.8, 4) is 0 Å². The summed E-state index contributed by atoms with van der Waals surface area (Å²) in [6, 6.07) is 7.91. The van der Waals surface area contributed by atoms with Crippen LogP contribution < -0.4 is 0 Å². The normalized spacial score (nSPS) is 12.3. The Hall–Kier alpha value is -2.10. The van der Waals surface area contributed by atoms with E-state index < -0.39 is 12.2 Å². The van der Waals surface area contributed by atoms with Crippen molar-refractivity contribution in [2.24, 2.45) is 0 Å². The molecule has 0 saturated carbocycles. The number of nitrogens with zero attached hydrogens (tertiary/aromatic N) is 1. The molecular formula is C14H15NO3. The van der Waals surface area contributed by atoms with Crippen LogP contribution in [0.4, 0.5) is 0 Å². The summed E-state index contributed by atoms with van der Waals surface area (Å²) in [4.78, 5) is 22.2. The minimum atomic E-state index is -0.493. The molecule has 0 aliphatic heterocycles. The highest BCUT2D eigenvalue weighted by Gasteiger charge is 2.13. The van der Waals surface area contributed by atoms with Crippen molar-refractivity contribution in [1.82, 2.24) is 4.57 Å². The highest BCUT2D eigenvalue weighted by molar-refractivity contribution is 5.94. The first kappa shape index (κ1) is 12.4. The van der Waals surface area contributed by atoms with Crippen LogP contribution in [-0.4, -0.2) is 16.3 Å². The summed E-state index contributed by atoms with van der Waals surface area (Å²) in [5.41, 5.74) is 0. The van der Waals surface area contributed by atoms with Crippen LogP contribution in [0.3, 0.4) is 0 Å². The van der Waals surface area contributed by atoms with E-state index >= 15 is 0 Å². The van der Waals surface area contributed by atoms with Gasteiger partial charge in [-0.3, -0.25) is 9.59 Å². The fourth-order valence-electron chi connectivity index (χ4n) is 1.81. The number of carbonyl (C=O) groups is 2. The molecule has 1 unspecified atom stereocenters. The van der Waals surface area contributed by atoms with Crippen molar-refractivity contribution in [1.29, 1.82) is 0 Å². The molecule has 2 aromatic rings. The van der Waals surface area contributed by atoms with E-state index in [9.17, 15) is 9.59 Å². The fraction of sp³-hybridized carbons (Fsp3) is 0.286. The average Bonchev–Trinajstić information content (AvgIpc) is 2.71. The third kappa shape index (κ3) is 2.77. The molecule has 4 heteroatoms. The van der Waals surface area contributed by atoms with Crippen LogP contribution in [0.25, 0.3) is 10.8 Å². The highest BCUT2D eigenvalue weighted by atomic mass is 16.6. The zero-order chi connectivity index (χ0) is 13.1. The number of hydrogen-bond acceptors (Lipinski definition) is 3. The molecule has 0 N–H and O–H groups in total. The molecule has 0 aliphatic carbocycles. The summed E-state index contributed by atoms with van der Waals surface area (Å²) >= 11 is 0. The molecule has 0 fully saturated rings. The van der Waals surface area contributed by atoms with Crippen LogP contribution in [0, 0.1) is 0 Å². The lowest BCUT2D eigenvalue weighted by Crippen LogP contribution is -2.15. The first-order valence-corrected chi connectivity index (χ1v) is 5.81. The number of benzene rings is 1. The van der Waals surface area contributed by atoms with Gasteiger partial charge in [0.15, 0.2) is 6.23 Å². The van der Waals surface area contributed by atoms with Gasteiger partial charge in [-0.05, 0) is 24.6 Å².